The van der Waals surface area contributed by atoms with Gasteiger partial charge < -0.3 is 4.90 Å². The van der Waals surface area contributed by atoms with Crippen molar-refractivity contribution in [2.75, 3.05) is 18.5 Å². The minimum Gasteiger partial charge on any atom is -0.359 e. The minimum absolute atomic E-state index is 1.08. The van der Waals surface area contributed by atoms with E-state index in [0.717, 1.165) is 12.4 Å². The lowest BCUT2D eigenvalue weighted by molar-refractivity contribution is 0.760. The molecule has 1 aliphatic rings. The largest absolute Gasteiger partial charge is 0.359 e. The van der Waals surface area contributed by atoms with E-state index >= 15 is 0 Å². The Hall–Kier alpha value is -1.16. The van der Waals surface area contributed by atoms with E-state index < -0.39 is 0 Å². The van der Waals surface area contributed by atoms with Gasteiger partial charge in [0.1, 0.15) is 17.0 Å². The van der Waals surface area contributed by atoms with Crippen molar-refractivity contribution in [3.63, 3.8) is 0 Å². The van der Waals surface area contributed by atoms with Gasteiger partial charge in [0.2, 0.25) is 0 Å². The number of hydrogen-bond acceptors (Lipinski definition) is 4. The molecule has 0 atom stereocenters. The second-order valence-electron chi connectivity index (χ2n) is 5.01. The second kappa shape index (κ2) is 4.84. The van der Waals surface area contributed by atoms with Crippen LogP contribution in [-0.4, -0.2) is 23.6 Å². The van der Waals surface area contributed by atoms with Crippen molar-refractivity contribution < 1.29 is 0 Å². The fraction of sp³-hybridized carbons (Fsp3) is 0.571. The number of aryl methyl sites for hydroxylation is 2. The maximum Gasteiger partial charge on any atom is 0.140 e. The summed E-state index contributed by atoms with van der Waals surface area (Å²) in [6.07, 6.45) is 7.89. The van der Waals surface area contributed by atoms with Gasteiger partial charge in [-0.05, 0) is 31.2 Å². The number of aromatic nitrogens is 2. The summed E-state index contributed by atoms with van der Waals surface area (Å²) in [4.78, 5) is 14.0. The van der Waals surface area contributed by atoms with Crippen molar-refractivity contribution in [3.05, 3.63) is 16.8 Å². The molecule has 0 spiro atoms. The van der Waals surface area contributed by atoms with Crippen LogP contribution in [0.15, 0.2) is 6.33 Å². The van der Waals surface area contributed by atoms with Gasteiger partial charge in [-0.1, -0.05) is 13.3 Å². The van der Waals surface area contributed by atoms with E-state index in [1.54, 1.807) is 6.33 Å². The molecule has 0 saturated heterocycles. The third-order valence-corrected chi connectivity index (χ3v) is 4.89. The molecule has 0 aliphatic heterocycles. The first-order valence-electron chi connectivity index (χ1n) is 6.77. The van der Waals surface area contributed by atoms with E-state index in [4.69, 9.17) is 0 Å². The van der Waals surface area contributed by atoms with E-state index in [1.807, 2.05) is 11.3 Å². The van der Waals surface area contributed by atoms with Crippen molar-refractivity contribution in [1.29, 1.82) is 0 Å². The number of fused-ring (bicyclic) bond motifs is 3. The van der Waals surface area contributed by atoms with Crippen LogP contribution in [0.25, 0.3) is 10.2 Å². The van der Waals surface area contributed by atoms with Gasteiger partial charge in [0.15, 0.2) is 0 Å². The van der Waals surface area contributed by atoms with Crippen LogP contribution in [0.5, 0.6) is 0 Å². The molecule has 2 aromatic rings. The van der Waals surface area contributed by atoms with Crippen LogP contribution in [0.3, 0.4) is 0 Å². The highest BCUT2D eigenvalue weighted by Gasteiger charge is 2.22. The maximum absolute atomic E-state index is 4.53. The molecule has 1 aliphatic carbocycles. The Bertz CT molecular complexity index is 561. The van der Waals surface area contributed by atoms with E-state index in [-0.39, 0.29) is 0 Å². The van der Waals surface area contributed by atoms with Crippen LogP contribution in [0, 0.1) is 0 Å². The van der Waals surface area contributed by atoms with E-state index in [9.17, 15) is 0 Å². The van der Waals surface area contributed by atoms with Gasteiger partial charge >= 0.3 is 0 Å². The van der Waals surface area contributed by atoms with Crippen molar-refractivity contribution in [2.24, 2.45) is 0 Å². The van der Waals surface area contributed by atoms with Gasteiger partial charge in [0.05, 0.1) is 5.39 Å². The quantitative estimate of drug-likeness (QED) is 0.844. The first-order valence-corrected chi connectivity index (χ1v) is 7.59. The summed E-state index contributed by atoms with van der Waals surface area (Å²) in [5.41, 5.74) is 1.52. The SMILES string of the molecule is CCCCN(C)c1ncnc2sc3c(c12)CCC3. The van der Waals surface area contributed by atoms with Gasteiger partial charge in [-0.15, -0.1) is 11.3 Å². The molecule has 96 valence electrons. The zero-order valence-corrected chi connectivity index (χ0v) is 11.9. The Morgan fingerprint density at radius 2 is 2.22 bits per heavy atom. The van der Waals surface area contributed by atoms with Crippen LogP contribution < -0.4 is 4.90 Å². The fourth-order valence-corrected chi connectivity index (χ4v) is 3.93. The number of hydrogen-bond donors (Lipinski definition) is 0. The third-order valence-electron chi connectivity index (χ3n) is 3.69. The summed E-state index contributed by atoms with van der Waals surface area (Å²) in [6, 6.07) is 0. The zero-order valence-electron chi connectivity index (χ0n) is 11.1. The monoisotopic (exact) mass is 261 g/mol. The van der Waals surface area contributed by atoms with Crippen molar-refractivity contribution in [3.8, 4) is 0 Å². The van der Waals surface area contributed by atoms with Crippen LogP contribution in [0.1, 0.15) is 36.6 Å². The number of anilines is 1. The molecule has 0 radical (unpaired) electrons. The summed E-state index contributed by atoms with van der Waals surface area (Å²) in [7, 11) is 2.15. The zero-order chi connectivity index (χ0) is 12.5. The highest BCUT2D eigenvalue weighted by molar-refractivity contribution is 7.19. The number of thiophene rings is 1. The molecule has 3 rings (SSSR count). The molecule has 0 fully saturated rings. The fourth-order valence-electron chi connectivity index (χ4n) is 2.70. The van der Waals surface area contributed by atoms with E-state index in [1.165, 1.54) is 52.8 Å². The van der Waals surface area contributed by atoms with E-state index in [2.05, 4.69) is 28.8 Å². The molecule has 0 N–H and O–H groups in total. The summed E-state index contributed by atoms with van der Waals surface area (Å²) in [6.45, 7) is 3.30. The predicted molar refractivity (Wildman–Crippen MR) is 77.6 cm³/mol. The minimum atomic E-state index is 1.08. The van der Waals surface area contributed by atoms with Crippen LogP contribution in [0.4, 0.5) is 5.82 Å². The van der Waals surface area contributed by atoms with Crippen LogP contribution in [0.2, 0.25) is 0 Å². The third kappa shape index (κ3) is 1.88. The highest BCUT2D eigenvalue weighted by atomic mass is 32.1. The standard InChI is InChI=1S/C14H19N3S/c1-3-4-8-17(2)13-12-10-6-5-7-11(10)18-14(12)16-9-15-13/h9H,3-8H2,1-2H3. The number of nitrogens with zero attached hydrogens (tertiary/aromatic N) is 3. The molecule has 3 nitrogen and oxygen atoms in total. The summed E-state index contributed by atoms with van der Waals surface area (Å²) in [5.74, 6) is 1.13. The first kappa shape index (κ1) is 11.9. The summed E-state index contributed by atoms with van der Waals surface area (Å²) < 4.78 is 0. The Balaban J connectivity index is 2.05. The average Bonchev–Trinajstić information content (AvgIpc) is 2.95. The summed E-state index contributed by atoms with van der Waals surface area (Å²) >= 11 is 1.86. The maximum atomic E-state index is 4.53. The Kier molecular flexibility index (Phi) is 3.20. The molecule has 18 heavy (non-hydrogen) atoms. The predicted octanol–water partition coefficient (Wildman–Crippen LogP) is 3.42. The molecule has 2 aromatic heterocycles. The summed E-state index contributed by atoms with van der Waals surface area (Å²) in [5, 5.41) is 1.33. The smallest absolute Gasteiger partial charge is 0.140 e. The molecular weight excluding hydrogens is 242 g/mol. The number of rotatable bonds is 4. The Labute approximate surface area is 112 Å². The van der Waals surface area contributed by atoms with Crippen LogP contribution >= 0.6 is 11.3 Å². The van der Waals surface area contributed by atoms with Gasteiger partial charge in [0.25, 0.3) is 0 Å². The van der Waals surface area contributed by atoms with E-state index in [0.29, 0.717) is 0 Å². The molecule has 4 heteroatoms. The lowest BCUT2D eigenvalue weighted by atomic mass is 10.2. The van der Waals surface area contributed by atoms with Gasteiger partial charge in [-0.2, -0.15) is 0 Å². The molecule has 0 amide bonds. The molecular formula is C14H19N3S. The average molecular weight is 261 g/mol. The molecule has 0 aromatic carbocycles. The van der Waals surface area contributed by atoms with Gasteiger partial charge in [0, 0.05) is 18.5 Å². The lowest BCUT2D eigenvalue weighted by Crippen LogP contribution is -2.20. The molecule has 0 unspecified atom stereocenters. The van der Waals surface area contributed by atoms with Gasteiger partial charge in [-0.25, -0.2) is 9.97 Å². The second-order valence-corrected chi connectivity index (χ2v) is 6.09. The topological polar surface area (TPSA) is 29.0 Å². The Morgan fingerprint density at radius 3 is 3.06 bits per heavy atom. The van der Waals surface area contributed by atoms with Crippen molar-refractivity contribution in [2.45, 2.75) is 39.0 Å². The lowest BCUT2D eigenvalue weighted by Gasteiger charge is -2.18. The highest BCUT2D eigenvalue weighted by Crippen LogP contribution is 2.39. The Morgan fingerprint density at radius 1 is 1.33 bits per heavy atom. The molecule has 2 heterocycles. The molecule has 0 saturated carbocycles. The molecule has 0 bridgehead atoms. The van der Waals surface area contributed by atoms with Gasteiger partial charge in [-0.3, -0.25) is 0 Å². The van der Waals surface area contributed by atoms with Crippen molar-refractivity contribution >= 4 is 27.4 Å². The van der Waals surface area contributed by atoms with Crippen LogP contribution in [-0.2, 0) is 12.8 Å². The normalized spacial score (nSPS) is 14.1. The van der Waals surface area contributed by atoms with Crippen molar-refractivity contribution in [1.82, 2.24) is 9.97 Å². The number of unbranched alkanes of at least 4 members (excludes halogenated alkanes) is 1. The first-order chi connectivity index (χ1) is 8.81.